The molecular formula is C11H10F4N2O4. The minimum absolute atomic E-state index is 0.0396. The van der Waals surface area contributed by atoms with Crippen LogP contribution in [0.5, 0.6) is 5.75 Å². The zero-order chi connectivity index (χ0) is 15.8. The van der Waals surface area contributed by atoms with Gasteiger partial charge in [-0.15, -0.1) is 0 Å². The van der Waals surface area contributed by atoms with Crippen molar-refractivity contribution in [2.45, 2.75) is 18.9 Å². The smallest absolute Gasteiger partial charge is 0.489 e. The van der Waals surface area contributed by atoms with Gasteiger partial charge >= 0.3 is 12.1 Å². The molecule has 1 atom stereocenters. The molecule has 0 fully saturated rings. The predicted molar refractivity (Wildman–Crippen MR) is 60.1 cm³/mol. The van der Waals surface area contributed by atoms with Crippen LogP contribution in [0.4, 0.5) is 17.6 Å². The van der Waals surface area contributed by atoms with Crippen molar-refractivity contribution in [3.8, 4) is 5.75 Å². The molecule has 2 rings (SSSR count). The van der Waals surface area contributed by atoms with E-state index >= 15 is 0 Å². The van der Waals surface area contributed by atoms with E-state index in [1.54, 1.807) is 0 Å². The Morgan fingerprint density at radius 1 is 1.48 bits per heavy atom. The van der Waals surface area contributed by atoms with Gasteiger partial charge < -0.3 is 14.0 Å². The molecular weight excluding hydrogens is 300 g/mol. The summed E-state index contributed by atoms with van der Waals surface area (Å²) in [6.07, 6.45) is -6.75. The number of pyridine rings is 1. The van der Waals surface area contributed by atoms with Crippen molar-refractivity contribution in [2.75, 3.05) is 13.7 Å². The van der Waals surface area contributed by atoms with E-state index in [1.165, 1.54) is 0 Å². The van der Waals surface area contributed by atoms with Crippen molar-refractivity contribution in [2.24, 2.45) is 0 Å². The normalized spacial score (nSPS) is 18.0. The molecule has 0 saturated heterocycles. The van der Waals surface area contributed by atoms with Crippen LogP contribution in [0.1, 0.15) is 11.9 Å². The van der Waals surface area contributed by atoms with E-state index in [-0.39, 0.29) is 18.8 Å². The Hall–Kier alpha value is -2.10. The summed E-state index contributed by atoms with van der Waals surface area (Å²) in [7, 11) is 1.09. The van der Waals surface area contributed by atoms with Crippen LogP contribution in [-0.4, -0.2) is 30.4 Å². The quantitative estimate of drug-likeness (QED) is 0.495. The van der Waals surface area contributed by atoms with Crippen LogP contribution in [0.3, 0.4) is 0 Å². The first kappa shape index (κ1) is 15.3. The molecule has 1 unspecified atom stereocenters. The molecule has 1 aliphatic heterocycles. The maximum absolute atomic E-state index is 14.0. The Balaban J connectivity index is 2.41. The number of halogens is 4. The zero-order valence-electron chi connectivity index (χ0n) is 10.7. The maximum Gasteiger partial charge on any atom is 0.490 e. The minimum atomic E-state index is -5.19. The molecule has 1 aromatic rings. The van der Waals surface area contributed by atoms with Gasteiger partial charge in [-0.1, -0.05) is 0 Å². The van der Waals surface area contributed by atoms with Crippen molar-refractivity contribution in [3.63, 3.8) is 0 Å². The number of nitrogens with zero attached hydrogens (tertiary/aromatic N) is 1. The van der Waals surface area contributed by atoms with Gasteiger partial charge in [-0.2, -0.15) is 17.6 Å². The molecule has 0 aliphatic carbocycles. The summed E-state index contributed by atoms with van der Waals surface area (Å²) in [4.78, 5) is 22.4. The first-order valence-corrected chi connectivity index (χ1v) is 5.74. The highest BCUT2D eigenvalue weighted by molar-refractivity contribution is 5.75. The lowest BCUT2D eigenvalue weighted by Gasteiger charge is -2.29. The Bertz CT molecular complexity index is 626. The van der Waals surface area contributed by atoms with Gasteiger partial charge in [0.1, 0.15) is 0 Å². The number of carbonyl (C=O) groups excluding carboxylic acids is 1. The average Bonchev–Trinajstić information content (AvgIpc) is 2.39. The van der Waals surface area contributed by atoms with Crippen molar-refractivity contribution >= 4 is 5.97 Å². The molecule has 0 aromatic carbocycles. The Labute approximate surface area is 115 Å². The first-order chi connectivity index (χ1) is 9.75. The summed E-state index contributed by atoms with van der Waals surface area (Å²) < 4.78 is 60.3. The van der Waals surface area contributed by atoms with Crippen molar-refractivity contribution < 1.29 is 31.8 Å². The second kappa shape index (κ2) is 5.35. The molecule has 0 spiro atoms. The number of rotatable bonds is 2. The van der Waals surface area contributed by atoms with Crippen molar-refractivity contribution in [3.05, 3.63) is 27.9 Å². The van der Waals surface area contributed by atoms with E-state index in [0.717, 1.165) is 17.7 Å². The maximum atomic E-state index is 14.0. The predicted octanol–water partition coefficient (Wildman–Crippen LogP) is 0.703. The lowest BCUT2D eigenvalue weighted by Crippen LogP contribution is -2.41. The molecule has 1 N–H and O–H groups in total. The molecule has 116 valence electrons. The molecule has 0 radical (unpaired) electrons. The molecule has 1 aliphatic rings. The van der Waals surface area contributed by atoms with Crippen LogP contribution in [0, 0.1) is 5.95 Å². The lowest BCUT2D eigenvalue weighted by molar-refractivity contribution is -0.207. The van der Waals surface area contributed by atoms with E-state index in [4.69, 9.17) is 0 Å². The number of fused-ring (bicyclic) bond motifs is 1. The standard InChI is InChI=1S/C11H10F4N2O4/c1-20-7-6(18)4-5-9(21-10(19)11(13,14)15)16-2-3-17(5)8(7)12/h4,9,16H,2-3H2,1H3. The number of alkyl halides is 3. The van der Waals surface area contributed by atoms with Gasteiger partial charge in [0.05, 0.1) is 12.8 Å². The second-order valence-electron chi connectivity index (χ2n) is 4.15. The Kier molecular flexibility index (Phi) is 3.90. The SMILES string of the molecule is COc1c(F)n2c(cc1=O)C(OC(=O)C(F)(F)F)NCC2. The van der Waals surface area contributed by atoms with Crippen LogP contribution in [0.15, 0.2) is 10.9 Å². The topological polar surface area (TPSA) is 69.6 Å². The van der Waals surface area contributed by atoms with Crippen molar-refractivity contribution in [1.82, 2.24) is 9.88 Å². The summed E-state index contributed by atoms with van der Waals surface area (Å²) >= 11 is 0. The molecule has 6 nitrogen and oxygen atoms in total. The van der Waals surface area contributed by atoms with Crippen LogP contribution in [-0.2, 0) is 16.1 Å². The molecule has 10 heteroatoms. The van der Waals surface area contributed by atoms with Gasteiger partial charge in [0.25, 0.3) is 0 Å². The van der Waals surface area contributed by atoms with Crippen LogP contribution in [0.2, 0.25) is 0 Å². The molecule has 2 heterocycles. The fraction of sp³-hybridized carbons (Fsp3) is 0.455. The molecule has 0 saturated carbocycles. The summed E-state index contributed by atoms with van der Waals surface area (Å²) in [6, 6.07) is 0.863. The fourth-order valence-electron chi connectivity index (χ4n) is 1.93. The van der Waals surface area contributed by atoms with Crippen LogP contribution in [0.25, 0.3) is 0 Å². The third-order valence-electron chi connectivity index (χ3n) is 2.83. The van der Waals surface area contributed by atoms with E-state index in [1.807, 2.05) is 0 Å². The average molecular weight is 310 g/mol. The molecule has 0 bridgehead atoms. The number of esters is 1. The van der Waals surface area contributed by atoms with Gasteiger partial charge in [0.2, 0.25) is 17.1 Å². The van der Waals surface area contributed by atoms with E-state index in [9.17, 15) is 27.2 Å². The Morgan fingerprint density at radius 3 is 2.71 bits per heavy atom. The summed E-state index contributed by atoms with van der Waals surface area (Å²) in [6.45, 7) is 0.0869. The number of hydrogen-bond acceptors (Lipinski definition) is 5. The number of nitrogens with one attached hydrogen (secondary N) is 1. The molecule has 21 heavy (non-hydrogen) atoms. The number of methoxy groups -OCH3 is 1. The lowest BCUT2D eigenvalue weighted by atomic mass is 10.2. The van der Waals surface area contributed by atoms with Gasteiger partial charge in [-0.05, 0) is 0 Å². The highest BCUT2D eigenvalue weighted by Crippen LogP contribution is 2.25. The fourth-order valence-corrected chi connectivity index (χ4v) is 1.93. The Morgan fingerprint density at radius 2 is 2.14 bits per heavy atom. The largest absolute Gasteiger partial charge is 0.490 e. The number of carbonyl (C=O) groups is 1. The van der Waals surface area contributed by atoms with Gasteiger partial charge in [0, 0.05) is 19.2 Å². The van der Waals surface area contributed by atoms with E-state index in [0.29, 0.717) is 0 Å². The third-order valence-corrected chi connectivity index (χ3v) is 2.83. The third kappa shape index (κ3) is 2.84. The number of hydrogen-bond donors (Lipinski definition) is 1. The second-order valence-corrected chi connectivity index (χ2v) is 4.15. The summed E-state index contributed by atoms with van der Waals surface area (Å²) in [5.74, 6) is -4.02. The first-order valence-electron chi connectivity index (χ1n) is 5.74. The minimum Gasteiger partial charge on any atom is -0.489 e. The van der Waals surface area contributed by atoms with Crippen molar-refractivity contribution in [1.29, 1.82) is 0 Å². The number of ether oxygens (including phenoxy) is 2. The highest BCUT2D eigenvalue weighted by Gasteiger charge is 2.43. The molecule has 1 aromatic heterocycles. The molecule has 0 amide bonds. The van der Waals surface area contributed by atoms with Crippen LogP contribution < -0.4 is 15.5 Å². The van der Waals surface area contributed by atoms with Gasteiger partial charge in [-0.25, -0.2) is 4.79 Å². The van der Waals surface area contributed by atoms with Gasteiger partial charge in [-0.3, -0.25) is 10.1 Å². The van der Waals surface area contributed by atoms with E-state index in [2.05, 4.69) is 14.8 Å². The zero-order valence-corrected chi connectivity index (χ0v) is 10.7. The highest BCUT2D eigenvalue weighted by atomic mass is 19.4. The van der Waals surface area contributed by atoms with E-state index < -0.39 is 35.5 Å². The monoisotopic (exact) mass is 310 g/mol. The summed E-state index contributed by atoms with van der Waals surface area (Å²) in [5.41, 5.74) is -1.08. The number of aromatic nitrogens is 1. The van der Waals surface area contributed by atoms with Gasteiger partial charge in [0.15, 0.2) is 6.23 Å². The summed E-state index contributed by atoms with van der Waals surface area (Å²) in [5, 5.41) is 2.46. The van der Waals surface area contributed by atoms with Crippen LogP contribution >= 0.6 is 0 Å².